The predicted octanol–water partition coefficient (Wildman–Crippen LogP) is 2.12. The van der Waals surface area contributed by atoms with Gasteiger partial charge in [-0.2, -0.15) is 0 Å². The SMILES string of the molecule is COc1cc(N2CC[C@@]3(CCc4cc(C(=O)NO)ccc4C3)C2=O)ccn1. The van der Waals surface area contributed by atoms with Crippen LogP contribution in [0.2, 0.25) is 0 Å². The third kappa shape index (κ3) is 2.94. The summed E-state index contributed by atoms with van der Waals surface area (Å²) in [5, 5.41) is 8.81. The number of anilines is 1. The van der Waals surface area contributed by atoms with Gasteiger partial charge < -0.3 is 9.64 Å². The molecule has 1 saturated heterocycles. The maximum atomic E-state index is 13.3. The predicted molar refractivity (Wildman–Crippen MR) is 97.9 cm³/mol. The summed E-state index contributed by atoms with van der Waals surface area (Å²) in [5.74, 6) is 0.108. The van der Waals surface area contributed by atoms with E-state index in [0.717, 1.165) is 36.1 Å². The van der Waals surface area contributed by atoms with Crippen molar-refractivity contribution in [3.8, 4) is 5.88 Å². The molecule has 140 valence electrons. The molecule has 1 fully saturated rings. The van der Waals surface area contributed by atoms with Crippen molar-refractivity contribution in [2.75, 3.05) is 18.6 Å². The second-order valence-corrected chi connectivity index (χ2v) is 7.14. The normalized spacial score (nSPS) is 21.3. The minimum Gasteiger partial charge on any atom is -0.481 e. The van der Waals surface area contributed by atoms with E-state index in [-0.39, 0.29) is 5.91 Å². The fraction of sp³-hybridized carbons (Fsp3) is 0.350. The first-order chi connectivity index (χ1) is 13.1. The summed E-state index contributed by atoms with van der Waals surface area (Å²) in [4.78, 5) is 30.8. The zero-order chi connectivity index (χ0) is 19.0. The van der Waals surface area contributed by atoms with Crippen LogP contribution in [0.25, 0.3) is 0 Å². The Morgan fingerprint density at radius 3 is 2.89 bits per heavy atom. The molecule has 0 radical (unpaired) electrons. The highest BCUT2D eigenvalue weighted by atomic mass is 16.5. The average molecular weight is 367 g/mol. The highest BCUT2D eigenvalue weighted by Gasteiger charge is 2.48. The van der Waals surface area contributed by atoms with Gasteiger partial charge >= 0.3 is 0 Å². The van der Waals surface area contributed by atoms with Crippen molar-refractivity contribution in [3.63, 3.8) is 0 Å². The number of amides is 2. The van der Waals surface area contributed by atoms with Gasteiger partial charge in [-0.25, -0.2) is 10.5 Å². The number of hydrogen-bond acceptors (Lipinski definition) is 5. The number of aryl methyl sites for hydroxylation is 1. The number of hydrogen-bond donors (Lipinski definition) is 2. The lowest BCUT2D eigenvalue weighted by atomic mass is 9.70. The van der Waals surface area contributed by atoms with Gasteiger partial charge in [-0.05, 0) is 55.0 Å². The van der Waals surface area contributed by atoms with E-state index in [1.54, 1.807) is 37.0 Å². The number of carbonyl (C=O) groups is 2. The fourth-order valence-electron chi connectivity index (χ4n) is 4.21. The van der Waals surface area contributed by atoms with Crippen molar-refractivity contribution >= 4 is 17.5 Å². The van der Waals surface area contributed by atoms with E-state index in [2.05, 4.69) is 4.98 Å². The molecule has 2 aromatic rings. The van der Waals surface area contributed by atoms with Crippen LogP contribution in [-0.4, -0.2) is 35.7 Å². The van der Waals surface area contributed by atoms with E-state index in [4.69, 9.17) is 9.94 Å². The lowest BCUT2D eigenvalue weighted by Gasteiger charge is -2.33. The van der Waals surface area contributed by atoms with E-state index < -0.39 is 11.3 Å². The van der Waals surface area contributed by atoms with Crippen LogP contribution in [0, 0.1) is 5.41 Å². The summed E-state index contributed by atoms with van der Waals surface area (Å²) in [7, 11) is 1.56. The van der Waals surface area contributed by atoms with Crippen LogP contribution in [0.15, 0.2) is 36.5 Å². The zero-order valence-corrected chi connectivity index (χ0v) is 15.1. The van der Waals surface area contributed by atoms with E-state index in [1.165, 1.54) is 0 Å². The van der Waals surface area contributed by atoms with Crippen molar-refractivity contribution in [2.24, 2.45) is 5.41 Å². The number of benzene rings is 1. The van der Waals surface area contributed by atoms with Gasteiger partial charge in [-0.3, -0.25) is 14.8 Å². The van der Waals surface area contributed by atoms with Gasteiger partial charge in [-0.1, -0.05) is 6.07 Å². The van der Waals surface area contributed by atoms with Crippen LogP contribution in [0.4, 0.5) is 5.69 Å². The molecule has 2 aliphatic rings. The smallest absolute Gasteiger partial charge is 0.274 e. The number of hydroxylamine groups is 1. The number of aromatic nitrogens is 1. The van der Waals surface area contributed by atoms with Gasteiger partial charge in [0.1, 0.15) is 0 Å². The highest BCUT2D eigenvalue weighted by Crippen LogP contribution is 2.45. The number of nitrogens with one attached hydrogen (secondary N) is 1. The lowest BCUT2D eigenvalue weighted by Crippen LogP contribution is -2.38. The molecule has 0 saturated carbocycles. The molecule has 1 aromatic carbocycles. The lowest BCUT2D eigenvalue weighted by molar-refractivity contribution is -0.126. The minimum atomic E-state index is -0.521. The topological polar surface area (TPSA) is 91.8 Å². The fourth-order valence-corrected chi connectivity index (χ4v) is 4.21. The molecule has 0 unspecified atom stereocenters. The molecule has 0 bridgehead atoms. The number of nitrogens with zero attached hydrogens (tertiary/aromatic N) is 2. The van der Waals surface area contributed by atoms with E-state index in [1.807, 2.05) is 17.0 Å². The molecule has 2 amide bonds. The second kappa shape index (κ2) is 6.66. The van der Waals surface area contributed by atoms with Crippen molar-refractivity contribution < 1.29 is 19.5 Å². The molecule has 1 aromatic heterocycles. The van der Waals surface area contributed by atoms with Gasteiger partial charge in [0.05, 0.1) is 18.2 Å². The Balaban J connectivity index is 1.59. The Morgan fingerprint density at radius 2 is 2.11 bits per heavy atom. The first kappa shape index (κ1) is 17.5. The Labute approximate surface area is 156 Å². The Morgan fingerprint density at radius 1 is 1.26 bits per heavy atom. The maximum absolute atomic E-state index is 13.3. The molecule has 1 aliphatic heterocycles. The molecule has 7 nitrogen and oxygen atoms in total. The molecule has 1 spiro atoms. The first-order valence-electron chi connectivity index (χ1n) is 8.94. The van der Waals surface area contributed by atoms with Crippen molar-refractivity contribution in [2.45, 2.75) is 25.7 Å². The van der Waals surface area contributed by atoms with Crippen molar-refractivity contribution in [1.29, 1.82) is 0 Å². The summed E-state index contributed by atoms with van der Waals surface area (Å²) in [6.07, 6.45) is 4.61. The molecule has 2 N–H and O–H groups in total. The molecule has 1 aliphatic carbocycles. The second-order valence-electron chi connectivity index (χ2n) is 7.14. The van der Waals surface area contributed by atoms with Crippen LogP contribution < -0.4 is 15.1 Å². The molecular formula is C20H21N3O4. The third-order valence-electron chi connectivity index (χ3n) is 5.72. The van der Waals surface area contributed by atoms with Crippen LogP contribution in [0.1, 0.15) is 34.3 Å². The minimum absolute atomic E-state index is 0.138. The van der Waals surface area contributed by atoms with Crippen LogP contribution in [0.5, 0.6) is 5.88 Å². The molecule has 4 rings (SSSR count). The van der Waals surface area contributed by atoms with Crippen molar-refractivity contribution in [1.82, 2.24) is 10.5 Å². The third-order valence-corrected chi connectivity index (χ3v) is 5.72. The van der Waals surface area contributed by atoms with Gasteiger partial charge in [0.15, 0.2) is 0 Å². The number of carbonyl (C=O) groups excluding carboxylic acids is 2. The Hall–Kier alpha value is -2.93. The average Bonchev–Trinajstić information content (AvgIpc) is 3.02. The number of rotatable bonds is 3. The van der Waals surface area contributed by atoms with E-state index in [9.17, 15) is 9.59 Å². The van der Waals surface area contributed by atoms with E-state index >= 15 is 0 Å². The largest absolute Gasteiger partial charge is 0.481 e. The van der Waals surface area contributed by atoms with Crippen LogP contribution in [-0.2, 0) is 17.6 Å². The standard InChI is InChI=1S/C20H21N3O4/c1-27-17-11-16(5-8-21-17)23-9-7-20(19(23)25)6-4-13-10-14(18(24)22-26)2-3-15(13)12-20/h2-3,5,8,10-11,26H,4,6-7,9,12H2,1H3,(H,22,24)/t20-/m1/s1. The zero-order valence-electron chi connectivity index (χ0n) is 15.1. The van der Waals surface area contributed by atoms with E-state index in [0.29, 0.717) is 24.4 Å². The molecule has 1 atom stereocenters. The summed E-state index contributed by atoms with van der Waals surface area (Å²) < 4.78 is 5.17. The van der Waals surface area contributed by atoms with Gasteiger partial charge in [-0.15, -0.1) is 0 Å². The molecule has 27 heavy (non-hydrogen) atoms. The van der Waals surface area contributed by atoms with Gasteiger partial charge in [0.25, 0.3) is 5.91 Å². The first-order valence-corrected chi connectivity index (χ1v) is 8.94. The van der Waals surface area contributed by atoms with Crippen LogP contribution >= 0.6 is 0 Å². The number of ether oxygens (including phenoxy) is 1. The maximum Gasteiger partial charge on any atom is 0.274 e. The summed E-state index contributed by atoms with van der Waals surface area (Å²) in [6.45, 7) is 0.673. The Kier molecular flexibility index (Phi) is 4.31. The molecule has 2 heterocycles. The summed E-state index contributed by atoms with van der Waals surface area (Å²) >= 11 is 0. The highest BCUT2D eigenvalue weighted by molar-refractivity contribution is 6.00. The summed E-state index contributed by atoms with van der Waals surface area (Å²) in [6, 6.07) is 9.00. The summed E-state index contributed by atoms with van der Waals surface area (Å²) in [5.41, 5.74) is 4.66. The monoisotopic (exact) mass is 367 g/mol. The van der Waals surface area contributed by atoms with Gasteiger partial charge in [0, 0.05) is 24.4 Å². The molecular weight excluding hydrogens is 346 g/mol. The van der Waals surface area contributed by atoms with Crippen molar-refractivity contribution in [3.05, 3.63) is 53.2 Å². The number of methoxy groups -OCH3 is 1. The number of fused-ring (bicyclic) bond motifs is 1. The number of pyridine rings is 1. The van der Waals surface area contributed by atoms with Crippen LogP contribution in [0.3, 0.4) is 0 Å². The Bertz CT molecular complexity index is 914. The van der Waals surface area contributed by atoms with Gasteiger partial charge in [0.2, 0.25) is 11.8 Å². The quantitative estimate of drug-likeness (QED) is 0.640. The molecule has 7 heteroatoms.